The highest BCUT2D eigenvalue weighted by Crippen LogP contribution is 2.23. The van der Waals surface area contributed by atoms with Crippen LogP contribution in [0.25, 0.3) is 0 Å². The van der Waals surface area contributed by atoms with Gasteiger partial charge in [-0.3, -0.25) is 0 Å². The molecule has 0 saturated heterocycles. The van der Waals surface area contributed by atoms with Gasteiger partial charge < -0.3 is 4.74 Å². The molecule has 14 heavy (non-hydrogen) atoms. The van der Waals surface area contributed by atoms with Crippen LogP contribution in [0.4, 0.5) is 0 Å². The number of nitrogens with zero attached hydrogens (tertiary/aromatic N) is 1. The molecule has 1 unspecified atom stereocenters. The van der Waals surface area contributed by atoms with Gasteiger partial charge in [0.1, 0.15) is 5.70 Å². The number of allylic oxidation sites excluding steroid dienone is 2. The van der Waals surface area contributed by atoms with Gasteiger partial charge in [-0.25, -0.2) is 9.79 Å². The van der Waals surface area contributed by atoms with Crippen molar-refractivity contribution in [3.63, 3.8) is 0 Å². The molecule has 0 spiro atoms. The summed E-state index contributed by atoms with van der Waals surface area (Å²) in [6, 6.07) is 0. The van der Waals surface area contributed by atoms with Gasteiger partial charge in [0, 0.05) is 0 Å². The highest BCUT2D eigenvalue weighted by atomic mass is 16.6. The molecule has 3 heteroatoms. The standard InChI is InChI=1S/C11H13NO2/c1-2-9-11(13)14-10(12-9)8-6-4-3-5-7-8/h2,4,6,8H,3,5,7H2,1H3/b9-2+. The number of rotatable bonds is 1. The normalized spacial score (nSPS) is 29.2. The lowest BCUT2D eigenvalue weighted by molar-refractivity contribution is -0.130. The fourth-order valence-corrected chi connectivity index (χ4v) is 1.69. The second-order valence-electron chi connectivity index (χ2n) is 3.48. The number of hydrogen-bond acceptors (Lipinski definition) is 3. The van der Waals surface area contributed by atoms with Gasteiger partial charge in [0.25, 0.3) is 0 Å². The minimum absolute atomic E-state index is 0.199. The number of carbonyl (C=O) groups excluding carboxylic acids is 1. The molecule has 0 amide bonds. The van der Waals surface area contributed by atoms with E-state index in [9.17, 15) is 4.79 Å². The van der Waals surface area contributed by atoms with Gasteiger partial charge in [0.05, 0.1) is 5.92 Å². The van der Waals surface area contributed by atoms with Crippen LogP contribution < -0.4 is 0 Å². The smallest absolute Gasteiger partial charge is 0.363 e. The van der Waals surface area contributed by atoms with Crippen LogP contribution in [0.3, 0.4) is 0 Å². The average Bonchev–Trinajstić information content (AvgIpc) is 2.61. The average molecular weight is 191 g/mol. The van der Waals surface area contributed by atoms with Crippen LogP contribution >= 0.6 is 0 Å². The lowest BCUT2D eigenvalue weighted by Crippen LogP contribution is -2.16. The molecule has 74 valence electrons. The second-order valence-corrected chi connectivity index (χ2v) is 3.48. The maximum Gasteiger partial charge on any atom is 0.363 e. The molecule has 0 N–H and O–H groups in total. The molecule has 0 aromatic rings. The Balaban J connectivity index is 2.16. The molecule has 1 atom stereocenters. The first-order chi connectivity index (χ1) is 6.81. The molecule has 0 aromatic carbocycles. The summed E-state index contributed by atoms with van der Waals surface area (Å²) in [5.74, 6) is 0.450. The van der Waals surface area contributed by atoms with E-state index < -0.39 is 0 Å². The van der Waals surface area contributed by atoms with Gasteiger partial charge in [0.2, 0.25) is 5.90 Å². The summed E-state index contributed by atoms with van der Waals surface area (Å²) >= 11 is 0. The van der Waals surface area contributed by atoms with Crippen LogP contribution in [0.15, 0.2) is 28.9 Å². The van der Waals surface area contributed by atoms with E-state index in [-0.39, 0.29) is 11.9 Å². The van der Waals surface area contributed by atoms with Crippen molar-refractivity contribution in [3.05, 3.63) is 23.9 Å². The Morgan fingerprint density at radius 1 is 1.64 bits per heavy atom. The zero-order chi connectivity index (χ0) is 9.97. The summed E-state index contributed by atoms with van der Waals surface area (Å²) in [6.07, 6.45) is 9.17. The quantitative estimate of drug-likeness (QED) is 0.362. The van der Waals surface area contributed by atoms with Crippen LogP contribution in [0.5, 0.6) is 0 Å². The molecule has 0 radical (unpaired) electrons. The van der Waals surface area contributed by atoms with Gasteiger partial charge in [0.15, 0.2) is 0 Å². The number of esters is 1. The first-order valence-corrected chi connectivity index (χ1v) is 4.95. The fourth-order valence-electron chi connectivity index (χ4n) is 1.69. The van der Waals surface area contributed by atoms with Gasteiger partial charge in [-0.15, -0.1) is 0 Å². The number of hydrogen-bond donors (Lipinski definition) is 0. The van der Waals surface area contributed by atoms with Gasteiger partial charge in [-0.2, -0.15) is 0 Å². The van der Waals surface area contributed by atoms with Crippen LogP contribution in [-0.2, 0) is 9.53 Å². The monoisotopic (exact) mass is 191 g/mol. The molecule has 1 aliphatic carbocycles. The summed E-state index contributed by atoms with van der Waals surface area (Å²) in [6.45, 7) is 1.79. The summed E-state index contributed by atoms with van der Waals surface area (Å²) < 4.78 is 5.10. The van der Waals surface area contributed by atoms with Crippen molar-refractivity contribution in [2.45, 2.75) is 26.2 Å². The van der Waals surface area contributed by atoms with Crippen LogP contribution in [-0.4, -0.2) is 11.9 Å². The SMILES string of the molecule is C/C=C1/N=C(C2C=CCCC2)OC1=O. The lowest BCUT2D eigenvalue weighted by atomic mass is 9.96. The zero-order valence-corrected chi connectivity index (χ0v) is 8.19. The minimum atomic E-state index is -0.318. The third-order valence-corrected chi connectivity index (χ3v) is 2.48. The third-order valence-electron chi connectivity index (χ3n) is 2.48. The van der Waals surface area contributed by atoms with E-state index in [4.69, 9.17) is 4.74 Å². The van der Waals surface area contributed by atoms with Crippen molar-refractivity contribution in [1.82, 2.24) is 0 Å². The Bertz CT molecular complexity index is 339. The first-order valence-electron chi connectivity index (χ1n) is 4.95. The number of ether oxygens (including phenoxy) is 1. The van der Waals surface area contributed by atoms with E-state index in [0.717, 1.165) is 19.3 Å². The molecule has 1 aliphatic heterocycles. The Hall–Kier alpha value is -1.38. The molecule has 2 aliphatic rings. The maximum atomic E-state index is 11.2. The molecule has 2 rings (SSSR count). The van der Waals surface area contributed by atoms with Crippen molar-refractivity contribution in [1.29, 1.82) is 0 Å². The number of aliphatic imine (C=N–C) groups is 1. The molecule has 3 nitrogen and oxygen atoms in total. The summed E-state index contributed by atoms with van der Waals surface area (Å²) in [5.41, 5.74) is 0.430. The third kappa shape index (κ3) is 1.62. The summed E-state index contributed by atoms with van der Waals surface area (Å²) in [4.78, 5) is 15.4. The second kappa shape index (κ2) is 3.78. The molecule has 0 saturated carbocycles. The Morgan fingerprint density at radius 3 is 3.07 bits per heavy atom. The zero-order valence-electron chi connectivity index (χ0n) is 8.19. The minimum Gasteiger partial charge on any atom is -0.406 e. The van der Waals surface area contributed by atoms with Crippen molar-refractivity contribution in [2.75, 3.05) is 0 Å². The van der Waals surface area contributed by atoms with Gasteiger partial charge in [-0.05, 0) is 26.2 Å². The molecule has 0 bridgehead atoms. The van der Waals surface area contributed by atoms with E-state index in [1.807, 2.05) is 0 Å². The Labute approximate surface area is 83.2 Å². The van der Waals surface area contributed by atoms with Gasteiger partial charge in [-0.1, -0.05) is 18.2 Å². The Kier molecular flexibility index (Phi) is 2.48. The number of carbonyl (C=O) groups is 1. The van der Waals surface area contributed by atoms with Crippen molar-refractivity contribution in [2.24, 2.45) is 10.9 Å². The molecular formula is C11H13NO2. The predicted molar refractivity (Wildman–Crippen MR) is 53.8 cm³/mol. The summed E-state index contributed by atoms with van der Waals surface area (Å²) in [7, 11) is 0. The summed E-state index contributed by atoms with van der Waals surface area (Å²) in [5, 5.41) is 0. The lowest BCUT2D eigenvalue weighted by Gasteiger charge is -2.14. The van der Waals surface area contributed by atoms with E-state index in [1.165, 1.54) is 0 Å². The highest BCUT2D eigenvalue weighted by Gasteiger charge is 2.27. The molecular weight excluding hydrogens is 178 g/mol. The predicted octanol–water partition coefficient (Wildman–Crippen LogP) is 2.20. The topological polar surface area (TPSA) is 38.7 Å². The van der Waals surface area contributed by atoms with Crippen molar-refractivity contribution < 1.29 is 9.53 Å². The fraction of sp³-hybridized carbons (Fsp3) is 0.455. The van der Waals surface area contributed by atoms with E-state index in [0.29, 0.717) is 11.6 Å². The molecule has 0 aromatic heterocycles. The first kappa shape index (κ1) is 9.19. The van der Waals surface area contributed by atoms with Crippen LogP contribution in [0.1, 0.15) is 26.2 Å². The molecule has 0 fully saturated rings. The molecule has 1 heterocycles. The van der Waals surface area contributed by atoms with Gasteiger partial charge >= 0.3 is 5.97 Å². The van der Waals surface area contributed by atoms with E-state index >= 15 is 0 Å². The van der Waals surface area contributed by atoms with E-state index in [1.54, 1.807) is 13.0 Å². The van der Waals surface area contributed by atoms with Crippen LogP contribution in [0.2, 0.25) is 0 Å². The largest absolute Gasteiger partial charge is 0.406 e. The maximum absolute atomic E-state index is 11.2. The Morgan fingerprint density at radius 2 is 2.50 bits per heavy atom. The van der Waals surface area contributed by atoms with Crippen molar-refractivity contribution in [3.8, 4) is 0 Å². The highest BCUT2D eigenvalue weighted by molar-refractivity contribution is 6.05. The van der Waals surface area contributed by atoms with Crippen molar-refractivity contribution >= 4 is 11.9 Å². The number of cyclic esters (lactones) is 1. The van der Waals surface area contributed by atoms with E-state index in [2.05, 4.69) is 17.1 Å². The van der Waals surface area contributed by atoms with Crippen LogP contribution in [0, 0.1) is 5.92 Å².